The summed E-state index contributed by atoms with van der Waals surface area (Å²) in [6, 6.07) is -0.591. The molecule has 2 fully saturated rings. The number of aliphatic carboxylic acids is 1. The summed E-state index contributed by atoms with van der Waals surface area (Å²) in [6.45, 7) is 2.18. The molecular formula is C13H21NO4. The molecule has 0 aromatic carbocycles. The summed E-state index contributed by atoms with van der Waals surface area (Å²) in [7, 11) is 0. The molecule has 0 aromatic rings. The van der Waals surface area contributed by atoms with E-state index in [9.17, 15) is 9.59 Å². The number of nitrogens with zero attached hydrogens (tertiary/aromatic N) is 1. The molecule has 1 N–H and O–H groups in total. The van der Waals surface area contributed by atoms with Crippen molar-refractivity contribution in [3.8, 4) is 0 Å². The number of likely N-dealkylation sites (tertiary alicyclic amines) is 1. The van der Waals surface area contributed by atoms with Gasteiger partial charge in [0.05, 0.1) is 0 Å². The Morgan fingerprint density at radius 2 is 1.94 bits per heavy atom. The van der Waals surface area contributed by atoms with Gasteiger partial charge in [0.15, 0.2) is 0 Å². The molecule has 18 heavy (non-hydrogen) atoms. The minimum atomic E-state index is -0.869. The summed E-state index contributed by atoms with van der Waals surface area (Å²) in [4.78, 5) is 24.6. The van der Waals surface area contributed by atoms with E-state index in [0.717, 1.165) is 38.9 Å². The third kappa shape index (κ3) is 3.22. The Morgan fingerprint density at radius 3 is 2.61 bits per heavy atom. The average Bonchev–Trinajstić information content (AvgIpc) is 2.86. The number of hydrogen-bond acceptors (Lipinski definition) is 3. The second kappa shape index (κ2) is 6.18. The van der Waals surface area contributed by atoms with E-state index in [4.69, 9.17) is 9.84 Å². The first-order valence-electron chi connectivity index (χ1n) is 6.78. The molecule has 0 unspecified atom stereocenters. The van der Waals surface area contributed by atoms with Crippen LogP contribution in [-0.2, 0) is 14.3 Å². The van der Waals surface area contributed by atoms with Gasteiger partial charge >= 0.3 is 5.97 Å². The zero-order valence-corrected chi connectivity index (χ0v) is 10.6. The summed E-state index contributed by atoms with van der Waals surface area (Å²) < 4.78 is 5.28. The van der Waals surface area contributed by atoms with Gasteiger partial charge < -0.3 is 14.7 Å². The Balaban J connectivity index is 1.78. The van der Waals surface area contributed by atoms with Crippen molar-refractivity contribution >= 4 is 11.9 Å². The molecule has 102 valence electrons. The second-order valence-corrected chi connectivity index (χ2v) is 5.18. The van der Waals surface area contributed by atoms with E-state index in [-0.39, 0.29) is 5.91 Å². The predicted molar refractivity (Wildman–Crippen MR) is 65.1 cm³/mol. The van der Waals surface area contributed by atoms with Gasteiger partial charge in [0.25, 0.3) is 0 Å². The van der Waals surface area contributed by atoms with Gasteiger partial charge in [0, 0.05) is 26.2 Å². The van der Waals surface area contributed by atoms with Crippen LogP contribution in [0.5, 0.6) is 0 Å². The van der Waals surface area contributed by atoms with Crippen molar-refractivity contribution in [3.05, 3.63) is 0 Å². The lowest BCUT2D eigenvalue weighted by atomic mass is 9.94. The van der Waals surface area contributed by atoms with Gasteiger partial charge in [-0.15, -0.1) is 0 Å². The molecule has 5 heteroatoms. The largest absolute Gasteiger partial charge is 0.480 e. The Kier molecular flexibility index (Phi) is 4.58. The van der Waals surface area contributed by atoms with Crippen molar-refractivity contribution in [2.24, 2.45) is 5.92 Å². The first-order valence-corrected chi connectivity index (χ1v) is 6.78. The van der Waals surface area contributed by atoms with Crippen LogP contribution in [0.15, 0.2) is 0 Å². The van der Waals surface area contributed by atoms with Crippen LogP contribution in [0, 0.1) is 5.92 Å². The van der Waals surface area contributed by atoms with Crippen LogP contribution in [0.25, 0.3) is 0 Å². The topological polar surface area (TPSA) is 66.8 Å². The zero-order chi connectivity index (χ0) is 13.0. The molecule has 1 amide bonds. The molecular weight excluding hydrogens is 234 g/mol. The Morgan fingerprint density at radius 1 is 1.22 bits per heavy atom. The second-order valence-electron chi connectivity index (χ2n) is 5.18. The maximum atomic E-state index is 12.0. The number of amides is 1. The number of ether oxygens (including phenoxy) is 1. The van der Waals surface area contributed by atoms with E-state index in [1.165, 1.54) is 0 Å². The lowest BCUT2D eigenvalue weighted by Gasteiger charge is -2.24. The quantitative estimate of drug-likeness (QED) is 0.821. The highest BCUT2D eigenvalue weighted by Gasteiger charge is 2.33. The number of carboxylic acid groups (broad SMARTS) is 1. The molecule has 5 nitrogen and oxygen atoms in total. The van der Waals surface area contributed by atoms with Crippen LogP contribution in [0.3, 0.4) is 0 Å². The number of rotatable bonds is 4. The van der Waals surface area contributed by atoms with Gasteiger partial charge in [-0.2, -0.15) is 0 Å². The van der Waals surface area contributed by atoms with Crippen molar-refractivity contribution < 1.29 is 19.4 Å². The molecule has 2 aliphatic rings. The molecule has 0 radical (unpaired) electrons. The molecule has 2 rings (SSSR count). The fourth-order valence-corrected chi connectivity index (χ4v) is 2.83. The van der Waals surface area contributed by atoms with E-state index in [2.05, 4.69) is 0 Å². The molecule has 0 aromatic heterocycles. The van der Waals surface area contributed by atoms with E-state index >= 15 is 0 Å². The van der Waals surface area contributed by atoms with Gasteiger partial charge in [-0.1, -0.05) is 0 Å². The fourth-order valence-electron chi connectivity index (χ4n) is 2.83. The van der Waals surface area contributed by atoms with Gasteiger partial charge in [-0.05, 0) is 38.0 Å². The van der Waals surface area contributed by atoms with E-state index in [1.54, 1.807) is 4.90 Å². The first-order chi connectivity index (χ1) is 8.68. The van der Waals surface area contributed by atoms with Gasteiger partial charge in [-0.25, -0.2) is 4.79 Å². The Labute approximate surface area is 107 Å². The summed E-state index contributed by atoms with van der Waals surface area (Å²) in [5, 5.41) is 9.04. The Hall–Kier alpha value is -1.10. The summed E-state index contributed by atoms with van der Waals surface area (Å²) in [5.74, 6) is -0.299. The van der Waals surface area contributed by atoms with Gasteiger partial charge in [0.2, 0.25) is 5.91 Å². The van der Waals surface area contributed by atoms with Crippen molar-refractivity contribution in [1.82, 2.24) is 4.90 Å². The Bertz CT molecular complexity index is 312. The average molecular weight is 255 g/mol. The molecule has 0 spiro atoms. The third-order valence-corrected chi connectivity index (χ3v) is 3.97. The van der Waals surface area contributed by atoms with Crippen LogP contribution in [0.4, 0.5) is 0 Å². The highest BCUT2D eigenvalue weighted by atomic mass is 16.5. The molecule has 0 aliphatic carbocycles. The molecule has 0 saturated carbocycles. The summed E-state index contributed by atoms with van der Waals surface area (Å²) in [5.41, 5.74) is 0. The number of hydrogen-bond donors (Lipinski definition) is 1. The smallest absolute Gasteiger partial charge is 0.326 e. The maximum Gasteiger partial charge on any atom is 0.326 e. The van der Waals surface area contributed by atoms with Crippen molar-refractivity contribution in [2.45, 2.75) is 44.6 Å². The number of carbonyl (C=O) groups is 2. The first kappa shape index (κ1) is 13.3. The molecule has 2 saturated heterocycles. The van der Waals surface area contributed by atoms with Crippen LogP contribution < -0.4 is 0 Å². The van der Waals surface area contributed by atoms with E-state index < -0.39 is 12.0 Å². The predicted octanol–water partition coefficient (Wildman–Crippen LogP) is 1.27. The highest BCUT2D eigenvalue weighted by molar-refractivity contribution is 5.84. The maximum absolute atomic E-state index is 12.0. The van der Waals surface area contributed by atoms with Gasteiger partial charge in [-0.3, -0.25) is 4.79 Å². The standard InChI is InChI=1S/C13H21NO4/c15-12(4-3-10-5-8-18-9-6-10)14-7-1-2-11(14)13(16)17/h10-11H,1-9H2,(H,16,17)/t11-/m1/s1. The monoisotopic (exact) mass is 255 g/mol. The highest BCUT2D eigenvalue weighted by Crippen LogP contribution is 2.23. The van der Waals surface area contributed by atoms with Crippen molar-refractivity contribution in [2.75, 3.05) is 19.8 Å². The van der Waals surface area contributed by atoms with Crippen molar-refractivity contribution in [1.29, 1.82) is 0 Å². The lowest BCUT2D eigenvalue weighted by molar-refractivity contribution is -0.148. The fraction of sp³-hybridized carbons (Fsp3) is 0.846. The SMILES string of the molecule is O=C(O)[C@H]1CCCN1C(=O)CCC1CCOCC1. The molecule has 1 atom stereocenters. The minimum absolute atomic E-state index is 0.00592. The van der Waals surface area contributed by atoms with Crippen LogP contribution in [0.2, 0.25) is 0 Å². The summed E-state index contributed by atoms with van der Waals surface area (Å²) in [6.07, 6.45) is 4.79. The molecule has 2 heterocycles. The van der Waals surface area contributed by atoms with Crippen LogP contribution in [0.1, 0.15) is 38.5 Å². The molecule has 0 bridgehead atoms. The van der Waals surface area contributed by atoms with Crippen molar-refractivity contribution in [3.63, 3.8) is 0 Å². The number of carboxylic acids is 1. The summed E-state index contributed by atoms with van der Waals surface area (Å²) >= 11 is 0. The van der Waals surface area contributed by atoms with E-state index in [1.807, 2.05) is 0 Å². The minimum Gasteiger partial charge on any atom is -0.480 e. The van der Waals surface area contributed by atoms with Crippen LogP contribution in [-0.4, -0.2) is 47.7 Å². The zero-order valence-electron chi connectivity index (χ0n) is 10.6. The number of carbonyl (C=O) groups excluding carboxylic acids is 1. The van der Waals surface area contributed by atoms with E-state index in [0.29, 0.717) is 25.3 Å². The molecule has 2 aliphatic heterocycles. The normalized spacial score (nSPS) is 25.3. The van der Waals surface area contributed by atoms with Gasteiger partial charge in [0.1, 0.15) is 6.04 Å². The van der Waals surface area contributed by atoms with Crippen LogP contribution >= 0.6 is 0 Å². The lowest BCUT2D eigenvalue weighted by Crippen LogP contribution is -2.40. The third-order valence-electron chi connectivity index (χ3n) is 3.97.